The third-order valence-corrected chi connectivity index (χ3v) is 3.74. The Labute approximate surface area is 117 Å². The lowest BCUT2D eigenvalue weighted by Crippen LogP contribution is -2.27. The highest BCUT2D eigenvalue weighted by Crippen LogP contribution is 2.29. The van der Waals surface area contributed by atoms with Gasteiger partial charge in [0.25, 0.3) is 0 Å². The minimum absolute atomic E-state index is 0.624. The van der Waals surface area contributed by atoms with Gasteiger partial charge in [-0.05, 0) is 42.5 Å². The van der Waals surface area contributed by atoms with Gasteiger partial charge in [0.2, 0.25) is 0 Å². The molecule has 3 rings (SSSR count). The van der Waals surface area contributed by atoms with E-state index in [0.29, 0.717) is 0 Å². The summed E-state index contributed by atoms with van der Waals surface area (Å²) in [5, 5.41) is 6.68. The molecule has 0 atom stereocenters. The number of hydrogen-bond acceptors (Lipinski definition) is 2. The number of fused-ring (bicyclic) bond motifs is 3. The molecule has 1 aliphatic carbocycles. The SMILES string of the molecule is Cc1ccc2c3c(ccc2c1)/C(=N/NC(N)=O)CCC3. The van der Waals surface area contributed by atoms with Gasteiger partial charge in [-0.15, -0.1) is 0 Å². The number of rotatable bonds is 1. The summed E-state index contributed by atoms with van der Waals surface area (Å²) < 4.78 is 0. The lowest BCUT2D eigenvalue weighted by Gasteiger charge is -2.20. The number of urea groups is 1. The van der Waals surface area contributed by atoms with Crippen molar-refractivity contribution in [1.82, 2.24) is 5.43 Å². The highest BCUT2D eigenvalue weighted by Gasteiger charge is 2.18. The smallest absolute Gasteiger partial charge is 0.332 e. The number of carbonyl (C=O) groups excluding carboxylic acids is 1. The predicted octanol–water partition coefficient (Wildman–Crippen LogP) is 2.86. The lowest BCUT2D eigenvalue weighted by atomic mass is 9.86. The average molecular weight is 267 g/mol. The fraction of sp³-hybridized carbons (Fsp3) is 0.250. The zero-order valence-electron chi connectivity index (χ0n) is 11.4. The molecule has 4 nitrogen and oxygen atoms in total. The molecule has 0 saturated heterocycles. The van der Waals surface area contributed by atoms with Crippen molar-refractivity contribution in [2.75, 3.05) is 0 Å². The molecule has 3 N–H and O–H groups in total. The van der Waals surface area contributed by atoms with Gasteiger partial charge in [0.05, 0.1) is 5.71 Å². The second kappa shape index (κ2) is 4.96. The molecule has 0 saturated carbocycles. The van der Waals surface area contributed by atoms with Gasteiger partial charge >= 0.3 is 6.03 Å². The molecule has 0 unspecified atom stereocenters. The van der Waals surface area contributed by atoms with Gasteiger partial charge in [-0.3, -0.25) is 0 Å². The molecule has 20 heavy (non-hydrogen) atoms. The zero-order valence-corrected chi connectivity index (χ0v) is 11.4. The first-order chi connectivity index (χ1) is 9.65. The number of nitrogens with zero attached hydrogens (tertiary/aromatic N) is 1. The van der Waals surface area contributed by atoms with E-state index in [0.717, 1.165) is 30.5 Å². The van der Waals surface area contributed by atoms with E-state index in [-0.39, 0.29) is 0 Å². The van der Waals surface area contributed by atoms with E-state index in [1.807, 2.05) is 0 Å². The summed E-state index contributed by atoms with van der Waals surface area (Å²) in [6.07, 6.45) is 2.95. The second-order valence-electron chi connectivity index (χ2n) is 5.20. The molecule has 0 bridgehead atoms. The summed E-state index contributed by atoms with van der Waals surface area (Å²) in [4.78, 5) is 10.8. The zero-order chi connectivity index (χ0) is 14.1. The fourth-order valence-corrected chi connectivity index (χ4v) is 2.86. The molecule has 102 valence electrons. The molecule has 2 aromatic rings. The van der Waals surface area contributed by atoms with E-state index in [4.69, 9.17) is 5.73 Å². The van der Waals surface area contributed by atoms with Gasteiger partial charge in [-0.1, -0.05) is 35.9 Å². The molecule has 0 radical (unpaired) electrons. The molecule has 0 heterocycles. The van der Waals surface area contributed by atoms with E-state index >= 15 is 0 Å². The Hall–Kier alpha value is -2.36. The van der Waals surface area contributed by atoms with E-state index in [1.165, 1.54) is 21.9 Å². The quantitative estimate of drug-likeness (QED) is 0.766. The van der Waals surface area contributed by atoms with Gasteiger partial charge in [0.1, 0.15) is 0 Å². The summed E-state index contributed by atoms with van der Waals surface area (Å²) in [6, 6.07) is 10.1. The van der Waals surface area contributed by atoms with Crippen LogP contribution in [0.25, 0.3) is 10.8 Å². The van der Waals surface area contributed by atoms with E-state index in [9.17, 15) is 4.79 Å². The van der Waals surface area contributed by atoms with Crippen LogP contribution in [-0.2, 0) is 6.42 Å². The summed E-state index contributed by atoms with van der Waals surface area (Å²) in [6.45, 7) is 2.10. The van der Waals surface area contributed by atoms with Crippen LogP contribution in [0.5, 0.6) is 0 Å². The molecule has 2 aromatic carbocycles. The molecule has 0 spiro atoms. The average Bonchev–Trinajstić information content (AvgIpc) is 2.44. The van der Waals surface area contributed by atoms with Crippen molar-refractivity contribution in [2.24, 2.45) is 10.8 Å². The Kier molecular flexibility index (Phi) is 3.14. The summed E-state index contributed by atoms with van der Waals surface area (Å²) >= 11 is 0. The normalized spacial score (nSPS) is 16.1. The first-order valence-corrected chi connectivity index (χ1v) is 6.80. The minimum Gasteiger partial charge on any atom is -0.350 e. The van der Waals surface area contributed by atoms with Gasteiger partial charge < -0.3 is 5.73 Å². The maximum absolute atomic E-state index is 10.8. The number of nitrogens with two attached hydrogens (primary N) is 1. The molecular weight excluding hydrogens is 250 g/mol. The Morgan fingerprint density at radius 1 is 1.25 bits per heavy atom. The minimum atomic E-state index is -0.624. The summed E-state index contributed by atoms with van der Waals surface area (Å²) in [5.41, 5.74) is 12.0. The predicted molar refractivity (Wildman–Crippen MR) is 80.9 cm³/mol. The number of nitrogens with one attached hydrogen (secondary N) is 1. The van der Waals surface area contributed by atoms with Gasteiger partial charge in [0, 0.05) is 5.56 Å². The Balaban J connectivity index is 2.13. The number of carbonyl (C=O) groups is 1. The number of amides is 2. The topological polar surface area (TPSA) is 67.5 Å². The number of aryl methyl sites for hydroxylation is 2. The Morgan fingerprint density at radius 2 is 2.10 bits per heavy atom. The monoisotopic (exact) mass is 267 g/mol. The molecule has 0 fully saturated rings. The summed E-state index contributed by atoms with van der Waals surface area (Å²) in [7, 11) is 0. The van der Waals surface area contributed by atoms with Crippen molar-refractivity contribution in [3.05, 3.63) is 47.0 Å². The van der Waals surface area contributed by atoms with Crippen LogP contribution in [0.2, 0.25) is 0 Å². The van der Waals surface area contributed by atoms with Crippen molar-refractivity contribution in [3.8, 4) is 0 Å². The van der Waals surface area contributed by atoms with Gasteiger partial charge in [-0.25, -0.2) is 10.2 Å². The molecule has 0 aromatic heterocycles. The second-order valence-corrected chi connectivity index (χ2v) is 5.20. The maximum atomic E-state index is 10.8. The summed E-state index contributed by atoms with van der Waals surface area (Å²) in [5.74, 6) is 0. The van der Waals surface area contributed by atoms with E-state index in [2.05, 4.69) is 47.8 Å². The highest BCUT2D eigenvalue weighted by atomic mass is 16.2. The number of benzene rings is 2. The molecular formula is C16H17N3O. The van der Waals surface area contributed by atoms with E-state index in [1.54, 1.807) is 0 Å². The Morgan fingerprint density at radius 3 is 2.90 bits per heavy atom. The molecule has 1 aliphatic rings. The van der Waals surface area contributed by atoms with Crippen molar-refractivity contribution in [3.63, 3.8) is 0 Å². The molecule has 2 amide bonds. The van der Waals surface area contributed by atoms with Crippen LogP contribution in [0.1, 0.15) is 29.5 Å². The first kappa shape index (κ1) is 12.7. The van der Waals surface area contributed by atoms with Crippen LogP contribution in [0.4, 0.5) is 4.79 Å². The van der Waals surface area contributed by atoms with Crippen LogP contribution in [0.15, 0.2) is 35.4 Å². The fourth-order valence-electron chi connectivity index (χ4n) is 2.86. The third-order valence-electron chi connectivity index (χ3n) is 3.74. The number of hydrogen-bond donors (Lipinski definition) is 2. The molecule has 0 aliphatic heterocycles. The number of hydrazone groups is 1. The van der Waals surface area contributed by atoms with E-state index < -0.39 is 6.03 Å². The van der Waals surface area contributed by atoms with Crippen LogP contribution in [0.3, 0.4) is 0 Å². The van der Waals surface area contributed by atoms with Crippen molar-refractivity contribution in [1.29, 1.82) is 0 Å². The third kappa shape index (κ3) is 2.25. The van der Waals surface area contributed by atoms with Crippen LogP contribution in [0, 0.1) is 6.92 Å². The first-order valence-electron chi connectivity index (χ1n) is 6.80. The van der Waals surface area contributed by atoms with Crippen LogP contribution < -0.4 is 11.2 Å². The number of primary amides is 1. The van der Waals surface area contributed by atoms with Gasteiger partial charge in [-0.2, -0.15) is 5.10 Å². The highest BCUT2D eigenvalue weighted by molar-refractivity contribution is 6.07. The van der Waals surface area contributed by atoms with Crippen LogP contribution in [-0.4, -0.2) is 11.7 Å². The standard InChI is InChI=1S/C16H17N3O/c1-10-5-7-12-11(9-10)6-8-14-13(12)3-2-4-15(14)18-19-16(17)20/h5-9H,2-4H2,1H3,(H3,17,19,20)/b18-15+. The largest absolute Gasteiger partial charge is 0.350 e. The Bertz CT molecular complexity index is 719. The van der Waals surface area contributed by atoms with Gasteiger partial charge in [0.15, 0.2) is 0 Å². The van der Waals surface area contributed by atoms with Crippen LogP contribution >= 0.6 is 0 Å². The van der Waals surface area contributed by atoms with Crippen molar-refractivity contribution in [2.45, 2.75) is 26.2 Å². The van der Waals surface area contributed by atoms with Crippen molar-refractivity contribution >= 4 is 22.5 Å². The lowest BCUT2D eigenvalue weighted by molar-refractivity contribution is 0.249. The molecule has 4 heteroatoms. The van der Waals surface area contributed by atoms with Crippen molar-refractivity contribution < 1.29 is 4.79 Å². The maximum Gasteiger partial charge on any atom is 0.332 e.